The number of hydrogen-bond acceptors (Lipinski definition) is 3. The standard InChI is InChI=1S/C13H16BrFN4/c1-7(2)12-11(16)13(19(3)18-12)17-10-6-8(14)4-5-9(10)15/h4-7,17H,16H2,1-3H3. The molecule has 0 aliphatic carbocycles. The molecule has 1 aromatic carbocycles. The first-order valence-electron chi connectivity index (χ1n) is 5.94. The number of nitrogens with one attached hydrogen (secondary N) is 1. The minimum absolute atomic E-state index is 0.217. The van der Waals surface area contributed by atoms with Crippen molar-refractivity contribution in [2.24, 2.45) is 7.05 Å². The van der Waals surface area contributed by atoms with E-state index < -0.39 is 0 Å². The van der Waals surface area contributed by atoms with Gasteiger partial charge in [-0.1, -0.05) is 29.8 Å². The van der Waals surface area contributed by atoms with E-state index in [0.29, 0.717) is 17.2 Å². The van der Waals surface area contributed by atoms with Gasteiger partial charge in [-0.2, -0.15) is 5.10 Å². The van der Waals surface area contributed by atoms with Crippen LogP contribution in [0.25, 0.3) is 0 Å². The maximum Gasteiger partial charge on any atom is 0.152 e. The van der Waals surface area contributed by atoms with Crippen molar-refractivity contribution < 1.29 is 4.39 Å². The van der Waals surface area contributed by atoms with E-state index in [2.05, 4.69) is 26.3 Å². The van der Waals surface area contributed by atoms with E-state index >= 15 is 0 Å². The van der Waals surface area contributed by atoms with Crippen LogP contribution in [0.15, 0.2) is 22.7 Å². The zero-order chi connectivity index (χ0) is 14.2. The summed E-state index contributed by atoms with van der Waals surface area (Å²) in [6, 6.07) is 4.70. The molecular weight excluding hydrogens is 311 g/mol. The van der Waals surface area contributed by atoms with Crippen molar-refractivity contribution in [3.05, 3.63) is 34.2 Å². The maximum absolute atomic E-state index is 13.7. The molecule has 0 aliphatic heterocycles. The average Bonchev–Trinajstić information content (AvgIpc) is 2.62. The summed E-state index contributed by atoms with van der Waals surface area (Å²) in [5.41, 5.74) is 7.78. The van der Waals surface area contributed by atoms with Gasteiger partial charge in [-0.15, -0.1) is 0 Å². The first-order valence-corrected chi connectivity index (χ1v) is 6.74. The third-order valence-corrected chi connectivity index (χ3v) is 3.33. The number of hydrogen-bond donors (Lipinski definition) is 2. The van der Waals surface area contributed by atoms with Gasteiger partial charge in [-0.05, 0) is 24.1 Å². The summed E-state index contributed by atoms with van der Waals surface area (Å²) < 4.78 is 16.2. The van der Waals surface area contributed by atoms with Crippen LogP contribution >= 0.6 is 15.9 Å². The smallest absolute Gasteiger partial charge is 0.152 e. The number of nitrogens with zero attached hydrogens (tertiary/aromatic N) is 2. The van der Waals surface area contributed by atoms with Crippen molar-refractivity contribution in [2.45, 2.75) is 19.8 Å². The Hall–Kier alpha value is -1.56. The molecule has 0 aliphatic rings. The zero-order valence-electron chi connectivity index (χ0n) is 11.0. The monoisotopic (exact) mass is 326 g/mol. The van der Waals surface area contributed by atoms with Gasteiger partial charge in [0.25, 0.3) is 0 Å². The number of anilines is 3. The summed E-state index contributed by atoms with van der Waals surface area (Å²) in [6.45, 7) is 4.03. The molecule has 19 heavy (non-hydrogen) atoms. The van der Waals surface area contributed by atoms with Crippen LogP contribution < -0.4 is 11.1 Å². The number of nitrogens with two attached hydrogens (primary N) is 1. The molecule has 0 amide bonds. The number of benzene rings is 1. The predicted octanol–water partition coefficient (Wildman–Crippen LogP) is 3.77. The Balaban J connectivity index is 2.41. The van der Waals surface area contributed by atoms with Gasteiger partial charge >= 0.3 is 0 Å². The second-order valence-electron chi connectivity index (χ2n) is 4.67. The Kier molecular flexibility index (Phi) is 3.80. The van der Waals surface area contributed by atoms with E-state index in [1.807, 2.05) is 13.8 Å². The third kappa shape index (κ3) is 2.73. The molecule has 0 saturated carbocycles. The molecule has 6 heteroatoms. The first kappa shape index (κ1) is 13.9. The topological polar surface area (TPSA) is 55.9 Å². The van der Waals surface area contributed by atoms with Gasteiger partial charge in [0, 0.05) is 11.5 Å². The zero-order valence-corrected chi connectivity index (χ0v) is 12.6. The van der Waals surface area contributed by atoms with Gasteiger partial charge in [-0.3, -0.25) is 4.68 Å². The van der Waals surface area contributed by atoms with Crippen molar-refractivity contribution in [1.82, 2.24) is 9.78 Å². The van der Waals surface area contributed by atoms with Crippen LogP contribution in [0.2, 0.25) is 0 Å². The van der Waals surface area contributed by atoms with Crippen LogP contribution in [0, 0.1) is 5.82 Å². The lowest BCUT2D eigenvalue weighted by molar-refractivity contribution is 0.631. The molecule has 2 aromatic rings. The second-order valence-corrected chi connectivity index (χ2v) is 5.59. The summed E-state index contributed by atoms with van der Waals surface area (Å²) in [5, 5.41) is 7.35. The van der Waals surface area contributed by atoms with Crippen LogP contribution in [0.5, 0.6) is 0 Å². The van der Waals surface area contributed by atoms with Crippen LogP contribution in [0.4, 0.5) is 21.6 Å². The fourth-order valence-corrected chi connectivity index (χ4v) is 2.22. The molecule has 2 rings (SSSR count). The van der Waals surface area contributed by atoms with Crippen molar-refractivity contribution in [3.63, 3.8) is 0 Å². The first-order chi connectivity index (χ1) is 8.90. The molecule has 1 heterocycles. The molecule has 102 valence electrons. The number of halogens is 2. The minimum atomic E-state index is -0.338. The summed E-state index contributed by atoms with van der Waals surface area (Å²) in [5.74, 6) is 0.477. The summed E-state index contributed by atoms with van der Waals surface area (Å²) in [6.07, 6.45) is 0. The van der Waals surface area contributed by atoms with Crippen molar-refractivity contribution in [1.29, 1.82) is 0 Å². The maximum atomic E-state index is 13.7. The van der Waals surface area contributed by atoms with Gasteiger partial charge in [0.1, 0.15) is 5.82 Å². The highest BCUT2D eigenvalue weighted by Crippen LogP contribution is 2.31. The predicted molar refractivity (Wildman–Crippen MR) is 79.1 cm³/mol. The lowest BCUT2D eigenvalue weighted by Crippen LogP contribution is -2.02. The lowest BCUT2D eigenvalue weighted by atomic mass is 10.1. The molecule has 0 radical (unpaired) electrons. The summed E-state index contributed by atoms with van der Waals surface area (Å²) in [7, 11) is 1.78. The van der Waals surface area contributed by atoms with E-state index in [1.54, 1.807) is 23.9 Å². The largest absolute Gasteiger partial charge is 0.394 e. The normalized spacial score (nSPS) is 11.1. The Labute approximate surface area is 119 Å². The highest BCUT2D eigenvalue weighted by atomic mass is 79.9. The molecule has 3 N–H and O–H groups in total. The number of aromatic nitrogens is 2. The number of aryl methyl sites for hydroxylation is 1. The molecule has 4 nitrogen and oxygen atoms in total. The van der Waals surface area contributed by atoms with Crippen molar-refractivity contribution in [3.8, 4) is 0 Å². The van der Waals surface area contributed by atoms with Crippen LogP contribution in [0.1, 0.15) is 25.5 Å². The number of nitrogen functional groups attached to an aromatic ring is 1. The summed E-state index contributed by atoms with van der Waals surface area (Å²) in [4.78, 5) is 0. The minimum Gasteiger partial charge on any atom is -0.394 e. The SMILES string of the molecule is CC(C)c1nn(C)c(Nc2cc(Br)ccc2F)c1N. The van der Waals surface area contributed by atoms with Gasteiger partial charge in [-0.25, -0.2) is 4.39 Å². The molecule has 0 saturated heterocycles. The van der Waals surface area contributed by atoms with Crippen molar-refractivity contribution >= 4 is 33.1 Å². The molecule has 0 unspecified atom stereocenters. The highest BCUT2D eigenvalue weighted by molar-refractivity contribution is 9.10. The number of rotatable bonds is 3. The van der Waals surface area contributed by atoms with Crippen LogP contribution in [-0.2, 0) is 7.05 Å². The van der Waals surface area contributed by atoms with E-state index in [4.69, 9.17) is 5.73 Å². The summed E-state index contributed by atoms with van der Waals surface area (Å²) >= 11 is 3.31. The quantitative estimate of drug-likeness (QED) is 0.902. The molecule has 0 spiro atoms. The fraction of sp³-hybridized carbons (Fsp3) is 0.308. The molecule has 0 atom stereocenters. The second kappa shape index (κ2) is 5.21. The highest BCUT2D eigenvalue weighted by Gasteiger charge is 2.17. The Bertz CT molecular complexity index is 607. The Morgan fingerprint density at radius 2 is 2.11 bits per heavy atom. The van der Waals surface area contributed by atoms with Gasteiger partial charge in [0.05, 0.1) is 17.1 Å². The molecular formula is C13H16BrFN4. The van der Waals surface area contributed by atoms with E-state index in [9.17, 15) is 4.39 Å². The van der Waals surface area contributed by atoms with E-state index in [0.717, 1.165) is 10.2 Å². The van der Waals surface area contributed by atoms with Gasteiger partial charge in [0.2, 0.25) is 0 Å². The third-order valence-electron chi connectivity index (χ3n) is 2.84. The molecule has 0 bridgehead atoms. The molecule has 1 aromatic heterocycles. The van der Waals surface area contributed by atoms with Crippen molar-refractivity contribution in [2.75, 3.05) is 11.1 Å². The van der Waals surface area contributed by atoms with E-state index in [-0.39, 0.29) is 11.7 Å². The lowest BCUT2D eigenvalue weighted by Gasteiger charge is -2.09. The van der Waals surface area contributed by atoms with E-state index in [1.165, 1.54) is 6.07 Å². The van der Waals surface area contributed by atoms with Gasteiger partial charge < -0.3 is 11.1 Å². The van der Waals surface area contributed by atoms with Gasteiger partial charge in [0.15, 0.2) is 5.82 Å². The fourth-order valence-electron chi connectivity index (χ4n) is 1.86. The average molecular weight is 327 g/mol. The Morgan fingerprint density at radius 3 is 2.68 bits per heavy atom. The van der Waals surface area contributed by atoms with Crippen LogP contribution in [-0.4, -0.2) is 9.78 Å². The van der Waals surface area contributed by atoms with Crippen LogP contribution in [0.3, 0.4) is 0 Å². The Morgan fingerprint density at radius 1 is 1.42 bits per heavy atom. The molecule has 0 fully saturated rings.